The first-order chi connectivity index (χ1) is 9.59. The first kappa shape index (κ1) is 17.4. The minimum absolute atomic E-state index is 0.309. The van der Waals surface area contributed by atoms with Crippen molar-refractivity contribution >= 4 is 16.2 Å². The second-order valence-electron chi connectivity index (χ2n) is 4.10. The van der Waals surface area contributed by atoms with E-state index in [2.05, 4.69) is 0 Å². The van der Waals surface area contributed by atoms with Crippen LogP contribution in [0, 0.1) is 0 Å². The smallest absolute Gasteiger partial charge is 0.402 e. The zero-order chi connectivity index (χ0) is 16.1. The molecule has 0 aliphatic heterocycles. The van der Waals surface area contributed by atoms with Gasteiger partial charge in [-0.2, -0.15) is 31.0 Å². The lowest BCUT2D eigenvalue weighted by Gasteiger charge is -2.12. The van der Waals surface area contributed by atoms with E-state index in [9.17, 15) is 26.4 Å². The standard InChI is InChI=1S/C11H13F3N2O4S/c12-11(13,14)7-16-21(19,20)15-6-9-4-2-1-3-8(9)5-10(17)18/h1-4,15-16H,5-7H2,(H,17,18). The summed E-state index contributed by atoms with van der Waals surface area (Å²) in [6, 6.07) is 6.14. The van der Waals surface area contributed by atoms with Crippen LogP contribution in [0.5, 0.6) is 0 Å². The maximum Gasteiger partial charge on any atom is 0.402 e. The molecule has 1 rings (SSSR count). The molecule has 1 aromatic rings. The zero-order valence-corrected chi connectivity index (χ0v) is 11.5. The van der Waals surface area contributed by atoms with E-state index in [1.807, 2.05) is 4.72 Å². The largest absolute Gasteiger partial charge is 0.481 e. The van der Waals surface area contributed by atoms with Crippen molar-refractivity contribution in [2.24, 2.45) is 0 Å². The van der Waals surface area contributed by atoms with Crippen molar-refractivity contribution < 1.29 is 31.5 Å². The maximum atomic E-state index is 11.9. The second-order valence-corrected chi connectivity index (χ2v) is 5.68. The fraction of sp³-hybridized carbons (Fsp3) is 0.364. The summed E-state index contributed by atoms with van der Waals surface area (Å²) in [5.74, 6) is -1.10. The van der Waals surface area contributed by atoms with Gasteiger partial charge in [-0.25, -0.2) is 0 Å². The fourth-order valence-corrected chi connectivity index (χ4v) is 2.27. The van der Waals surface area contributed by atoms with Gasteiger partial charge in [-0.15, -0.1) is 0 Å². The van der Waals surface area contributed by atoms with Gasteiger partial charge in [0.2, 0.25) is 0 Å². The van der Waals surface area contributed by atoms with E-state index in [1.54, 1.807) is 12.1 Å². The highest BCUT2D eigenvalue weighted by molar-refractivity contribution is 7.87. The van der Waals surface area contributed by atoms with E-state index in [4.69, 9.17) is 5.11 Å². The summed E-state index contributed by atoms with van der Waals surface area (Å²) >= 11 is 0. The average Bonchev–Trinajstić information content (AvgIpc) is 2.34. The third-order valence-corrected chi connectivity index (χ3v) is 3.42. The molecular weight excluding hydrogens is 313 g/mol. The summed E-state index contributed by atoms with van der Waals surface area (Å²) in [4.78, 5) is 10.7. The number of alkyl halides is 3. The predicted octanol–water partition coefficient (Wildman–Crippen LogP) is 0.800. The molecule has 0 aromatic heterocycles. The van der Waals surface area contributed by atoms with Crippen LogP contribution in [-0.4, -0.2) is 32.2 Å². The molecule has 0 saturated carbocycles. The quantitative estimate of drug-likeness (QED) is 0.691. The molecule has 10 heteroatoms. The first-order valence-corrected chi connectivity index (χ1v) is 7.17. The van der Waals surface area contributed by atoms with Crippen LogP contribution in [0.4, 0.5) is 13.2 Å². The number of hydrogen-bond donors (Lipinski definition) is 3. The van der Waals surface area contributed by atoms with Crippen LogP contribution in [-0.2, 0) is 28.0 Å². The van der Waals surface area contributed by atoms with E-state index < -0.39 is 28.9 Å². The Morgan fingerprint density at radius 2 is 1.71 bits per heavy atom. The number of carboxylic acids is 1. The molecule has 6 nitrogen and oxygen atoms in total. The van der Waals surface area contributed by atoms with Gasteiger partial charge >= 0.3 is 12.1 Å². The van der Waals surface area contributed by atoms with E-state index in [0.717, 1.165) is 0 Å². The molecule has 118 valence electrons. The number of aliphatic carboxylic acids is 1. The molecule has 1 aromatic carbocycles. The van der Waals surface area contributed by atoms with E-state index in [0.29, 0.717) is 11.1 Å². The van der Waals surface area contributed by atoms with Crippen molar-refractivity contribution in [2.45, 2.75) is 19.1 Å². The number of benzene rings is 1. The molecule has 0 bridgehead atoms. The Balaban J connectivity index is 2.68. The van der Waals surface area contributed by atoms with Gasteiger partial charge < -0.3 is 5.11 Å². The van der Waals surface area contributed by atoms with Crippen LogP contribution < -0.4 is 9.44 Å². The summed E-state index contributed by atoms with van der Waals surface area (Å²) < 4.78 is 61.8. The van der Waals surface area contributed by atoms with Crippen molar-refractivity contribution in [3.8, 4) is 0 Å². The van der Waals surface area contributed by atoms with Crippen LogP contribution in [0.25, 0.3) is 0 Å². The lowest BCUT2D eigenvalue weighted by molar-refractivity contribution is -0.136. The van der Waals surface area contributed by atoms with Crippen LogP contribution in [0.2, 0.25) is 0 Å². The fourth-order valence-electron chi connectivity index (χ4n) is 1.47. The molecule has 0 spiro atoms. The number of carbonyl (C=O) groups is 1. The Labute approximate surface area is 119 Å². The normalized spacial score (nSPS) is 12.3. The number of rotatable bonds is 7. The Morgan fingerprint density at radius 3 is 2.24 bits per heavy atom. The Bertz CT molecular complexity index is 602. The number of halogens is 3. The Kier molecular flexibility index (Phi) is 5.70. The third-order valence-electron chi connectivity index (χ3n) is 2.38. The molecule has 0 aliphatic carbocycles. The number of nitrogens with one attached hydrogen (secondary N) is 2. The zero-order valence-electron chi connectivity index (χ0n) is 10.6. The molecular formula is C11H13F3N2O4S. The third kappa shape index (κ3) is 7.06. The molecule has 0 saturated heterocycles. The summed E-state index contributed by atoms with van der Waals surface area (Å²) in [5, 5.41) is 8.72. The molecule has 0 aliphatic rings. The molecule has 0 atom stereocenters. The molecule has 0 amide bonds. The van der Waals surface area contributed by atoms with E-state index >= 15 is 0 Å². The van der Waals surface area contributed by atoms with Crippen LogP contribution in [0.1, 0.15) is 11.1 Å². The van der Waals surface area contributed by atoms with E-state index in [-0.39, 0.29) is 13.0 Å². The summed E-state index contributed by atoms with van der Waals surface area (Å²) in [7, 11) is -4.33. The maximum absolute atomic E-state index is 11.9. The lowest BCUT2D eigenvalue weighted by Crippen LogP contribution is -2.41. The van der Waals surface area contributed by atoms with Gasteiger partial charge in [0.15, 0.2) is 0 Å². The number of carboxylic acid groups (broad SMARTS) is 1. The van der Waals surface area contributed by atoms with Gasteiger partial charge in [0.25, 0.3) is 10.2 Å². The van der Waals surface area contributed by atoms with Gasteiger partial charge in [0.05, 0.1) is 6.42 Å². The Hall–Kier alpha value is -1.65. The molecule has 0 unspecified atom stereocenters. The molecule has 0 heterocycles. The SMILES string of the molecule is O=C(O)Cc1ccccc1CNS(=O)(=O)NCC(F)(F)F. The van der Waals surface area contributed by atoms with Crippen LogP contribution in [0.3, 0.4) is 0 Å². The van der Waals surface area contributed by atoms with Crippen molar-refractivity contribution in [1.82, 2.24) is 9.44 Å². The highest BCUT2D eigenvalue weighted by Crippen LogP contribution is 2.13. The van der Waals surface area contributed by atoms with Crippen LogP contribution in [0.15, 0.2) is 24.3 Å². The predicted molar refractivity (Wildman–Crippen MR) is 67.6 cm³/mol. The monoisotopic (exact) mass is 326 g/mol. The van der Waals surface area contributed by atoms with Gasteiger partial charge in [0, 0.05) is 6.54 Å². The molecule has 0 radical (unpaired) electrons. The lowest BCUT2D eigenvalue weighted by atomic mass is 10.1. The molecule has 21 heavy (non-hydrogen) atoms. The van der Waals surface area contributed by atoms with Crippen LogP contribution >= 0.6 is 0 Å². The Morgan fingerprint density at radius 1 is 1.14 bits per heavy atom. The minimum Gasteiger partial charge on any atom is -0.481 e. The van der Waals surface area contributed by atoms with Gasteiger partial charge in [-0.3, -0.25) is 4.79 Å². The van der Waals surface area contributed by atoms with Gasteiger partial charge in [-0.1, -0.05) is 24.3 Å². The number of hydrogen-bond acceptors (Lipinski definition) is 3. The minimum atomic E-state index is -4.66. The van der Waals surface area contributed by atoms with E-state index in [1.165, 1.54) is 16.9 Å². The van der Waals surface area contributed by atoms with Crippen molar-refractivity contribution in [3.05, 3.63) is 35.4 Å². The summed E-state index contributed by atoms with van der Waals surface area (Å²) in [6.45, 7) is -1.99. The summed E-state index contributed by atoms with van der Waals surface area (Å²) in [5.41, 5.74) is 0.751. The van der Waals surface area contributed by atoms with Crippen molar-refractivity contribution in [1.29, 1.82) is 0 Å². The first-order valence-electron chi connectivity index (χ1n) is 5.68. The van der Waals surface area contributed by atoms with Gasteiger partial charge in [0.1, 0.15) is 6.54 Å². The molecule has 0 fully saturated rings. The second kappa shape index (κ2) is 6.87. The summed E-state index contributed by atoms with van der Waals surface area (Å²) in [6.07, 6.45) is -4.97. The topological polar surface area (TPSA) is 95.5 Å². The average molecular weight is 326 g/mol. The highest BCUT2D eigenvalue weighted by atomic mass is 32.2. The molecule has 3 N–H and O–H groups in total. The highest BCUT2D eigenvalue weighted by Gasteiger charge is 2.29. The van der Waals surface area contributed by atoms with Crippen molar-refractivity contribution in [2.75, 3.05) is 6.54 Å². The van der Waals surface area contributed by atoms with Gasteiger partial charge in [-0.05, 0) is 11.1 Å². The van der Waals surface area contributed by atoms with Crippen molar-refractivity contribution in [3.63, 3.8) is 0 Å².